The lowest BCUT2D eigenvalue weighted by Gasteiger charge is -2.08. The van der Waals surface area contributed by atoms with E-state index in [0.29, 0.717) is 17.5 Å². The lowest BCUT2D eigenvalue weighted by atomic mass is 10.1. The van der Waals surface area contributed by atoms with Crippen LogP contribution in [-0.2, 0) is 6.42 Å². The summed E-state index contributed by atoms with van der Waals surface area (Å²) in [4.78, 5) is 8.83. The van der Waals surface area contributed by atoms with Gasteiger partial charge in [-0.1, -0.05) is 37.6 Å². The highest BCUT2D eigenvalue weighted by molar-refractivity contribution is 6.29. The summed E-state index contributed by atoms with van der Waals surface area (Å²) >= 11 is 6.04. The van der Waals surface area contributed by atoms with Crippen LogP contribution in [0.2, 0.25) is 5.15 Å². The Morgan fingerprint density at radius 2 is 2.00 bits per heavy atom. The van der Waals surface area contributed by atoms with Gasteiger partial charge in [-0.3, -0.25) is 0 Å². The molecule has 0 aliphatic carbocycles. The van der Waals surface area contributed by atoms with Crippen molar-refractivity contribution in [1.29, 1.82) is 0 Å². The first-order valence-electron chi connectivity index (χ1n) is 6.24. The van der Waals surface area contributed by atoms with Crippen molar-refractivity contribution in [2.45, 2.75) is 26.2 Å². The number of halogens is 1. The second kappa shape index (κ2) is 6.02. The third-order valence-corrected chi connectivity index (χ3v) is 3.04. The van der Waals surface area contributed by atoms with E-state index in [1.165, 1.54) is 0 Å². The maximum atomic E-state index is 6.04. The third-order valence-electron chi connectivity index (χ3n) is 2.85. The van der Waals surface area contributed by atoms with Crippen LogP contribution >= 0.6 is 11.6 Å². The summed E-state index contributed by atoms with van der Waals surface area (Å²) in [7, 11) is 1.66. The topological polar surface area (TPSA) is 35.0 Å². The number of methoxy groups -OCH3 is 1. The van der Waals surface area contributed by atoms with E-state index in [-0.39, 0.29) is 0 Å². The molecule has 0 spiro atoms. The molecule has 3 nitrogen and oxygen atoms in total. The van der Waals surface area contributed by atoms with Crippen LogP contribution in [0.5, 0.6) is 5.75 Å². The zero-order valence-electron chi connectivity index (χ0n) is 11.4. The van der Waals surface area contributed by atoms with Gasteiger partial charge in [0.05, 0.1) is 7.11 Å². The van der Waals surface area contributed by atoms with Crippen LogP contribution in [0.1, 0.15) is 36.8 Å². The Labute approximate surface area is 118 Å². The molecule has 0 atom stereocenters. The van der Waals surface area contributed by atoms with E-state index in [4.69, 9.17) is 16.3 Å². The zero-order chi connectivity index (χ0) is 13.8. The van der Waals surface area contributed by atoms with Crippen LogP contribution in [0.15, 0.2) is 30.3 Å². The molecule has 4 heteroatoms. The van der Waals surface area contributed by atoms with E-state index in [2.05, 4.69) is 23.8 Å². The lowest BCUT2D eigenvalue weighted by molar-refractivity contribution is 0.414. The minimum absolute atomic E-state index is 0.338. The molecule has 1 aromatic carbocycles. The molecule has 1 aromatic heterocycles. The van der Waals surface area contributed by atoms with Gasteiger partial charge < -0.3 is 4.74 Å². The molecule has 0 bridgehead atoms. The molecule has 0 unspecified atom stereocenters. The minimum atomic E-state index is 0.338. The molecule has 0 fully saturated rings. The molecule has 0 aliphatic rings. The summed E-state index contributed by atoms with van der Waals surface area (Å²) in [6, 6.07) is 9.71. The van der Waals surface area contributed by atoms with Crippen molar-refractivity contribution in [3.8, 4) is 5.75 Å². The molecule has 1 heterocycles. The highest BCUT2D eigenvalue weighted by Gasteiger charge is 2.08. The van der Waals surface area contributed by atoms with Crippen molar-refractivity contribution >= 4 is 11.6 Å². The Balaban J connectivity index is 2.27. The van der Waals surface area contributed by atoms with Crippen LogP contribution in [0.4, 0.5) is 0 Å². The summed E-state index contributed by atoms with van der Waals surface area (Å²) in [5, 5.41) is 0.497. The van der Waals surface area contributed by atoms with Crippen LogP contribution in [0, 0.1) is 0 Å². The molecular formula is C15H17ClN2O. The van der Waals surface area contributed by atoms with Gasteiger partial charge in [0.25, 0.3) is 0 Å². The van der Waals surface area contributed by atoms with E-state index in [1.54, 1.807) is 7.11 Å². The van der Waals surface area contributed by atoms with Gasteiger partial charge in [-0.05, 0) is 29.7 Å². The largest absolute Gasteiger partial charge is 0.497 e. The van der Waals surface area contributed by atoms with Gasteiger partial charge in [0.15, 0.2) is 0 Å². The monoisotopic (exact) mass is 276 g/mol. The van der Waals surface area contributed by atoms with Crippen molar-refractivity contribution in [2.75, 3.05) is 7.11 Å². The summed E-state index contributed by atoms with van der Waals surface area (Å²) < 4.78 is 5.21. The molecule has 0 saturated carbocycles. The minimum Gasteiger partial charge on any atom is -0.497 e. The predicted molar refractivity (Wildman–Crippen MR) is 76.9 cm³/mol. The number of benzene rings is 1. The molecule has 19 heavy (non-hydrogen) atoms. The van der Waals surface area contributed by atoms with Gasteiger partial charge in [-0.2, -0.15) is 0 Å². The number of ether oxygens (including phenoxy) is 1. The van der Waals surface area contributed by atoms with Crippen LogP contribution in [0.25, 0.3) is 0 Å². The van der Waals surface area contributed by atoms with Gasteiger partial charge in [-0.25, -0.2) is 9.97 Å². The SMILES string of the molecule is COc1cccc(Cc2nc(Cl)cc(C(C)C)n2)c1. The fourth-order valence-electron chi connectivity index (χ4n) is 1.82. The van der Waals surface area contributed by atoms with Gasteiger partial charge in [0.2, 0.25) is 0 Å². The highest BCUT2D eigenvalue weighted by atomic mass is 35.5. The normalized spacial score (nSPS) is 10.8. The Kier molecular flexibility index (Phi) is 4.38. The van der Waals surface area contributed by atoms with Gasteiger partial charge >= 0.3 is 0 Å². The zero-order valence-corrected chi connectivity index (χ0v) is 12.1. The molecule has 100 valence electrons. The molecule has 2 rings (SSSR count). The summed E-state index contributed by atoms with van der Waals surface area (Å²) in [6.07, 6.45) is 0.650. The smallest absolute Gasteiger partial charge is 0.134 e. The molecule has 0 aliphatic heterocycles. The molecule has 0 saturated heterocycles. The Hall–Kier alpha value is -1.61. The lowest BCUT2D eigenvalue weighted by Crippen LogP contribution is -2.02. The van der Waals surface area contributed by atoms with Crippen molar-refractivity contribution in [3.05, 3.63) is 52.6 Å². The van der Waals surface area contributed by atoms with Crippen molar-refractivity contribution in [1.82, 2.24) is 9.97 Å². The Bertz CT molecular complexity index is 570. The van der Waals surface area contributed by atoms with Crippen LogP contribution in [-0.4, -0.2) is 17.1 Å². The Morgan fingerprint density at radius 1 is 1.21 bits per heavy atom. The average molecular weight is 277 g/mol. The van der Waals surface area contributed by atoms with E-state index in [0.717, 1.165) is 22.8 Å². The molecule has 0 N–H and O–H groups in total. The van der Waals surface area contributed by atoms with Crippen molar-refractivity contribution < 1.29 is 4.74 Å². The quantitative estimate of drug-likeness (QED) is 0.796. The number of nitrogens with zero attached hydrogens (tertiary/aromatic N) is 2. The number of aromatic nitrogens is 2. The van der Waals surface area contributed by atoms with E-state index in [9.17, 15) is 0 Å². The predicted octanol–water partition coefficient (Wildman–Crippen LogP) is 3.85. The van der Waals surface area contributed by atoms with Crippen molar-refractivity contribution in [2.24, 2.45) is 0 Å². The molecule has 2 aromatic rings. The fraction of sp³-hybridized carbons (Fsp3) is 0.333. The van der Waals surface area contributed by atoms with Crippen LogP contribution < -0.4 is 4.74 Å². The van der Waals surface area contributed by atoms with Crippen LogP contribution in [0.3, 0.4) is 0 Å². The van der Waals surface area contributed by atoms with E-state index >= 15 is 0 Å². The third kappa shape index (κ3) is 3.67. The first-order chi connectivity index (χ1) is 9.08. The molecular weight excluding hydrogens is 260 g/mol. The Morgan fingerprint density at radius 3 is 2.68 bits per heavy atom. The maximum Gasteiger partial charge on any atom is 0.134 e. The number of rotatable bonds is 4. The summed E-state index contributed by atoms with van der Waals surface area (Å²) in [6.45, 7) is 4.18. The first kappa shape index (κ1) is 13.8. The standard InChI is InChI=1S/C15H17ClN2O/c1-10(2)13-9-14(16)18-15(17-13)8-11-5-4-6-12(7-11)19-3/h4-7,9-10H,8H2,1-3H3. The summed E-state index contributed by atoms with van der Waals surface area (Å²) in [5.74, 6) is 1.91. The number of hydrogen-bond donors (Lipinski definition) is 0. The van der Waals surface area contributed by atoms with E-state index in [1.807, 2.05) is 30.3 Å². The van der Waals surface area contributed by atoms with Gasteiger partial charge in [0.1, 0.15) is 16.7 Å². The fourth-order valence-corrected chi connectivity index (χ4v) is 2.03. The van der Waals surface area contributed by atoms with Gasteiger partial charge in [0, 0.05) is 12.1 Å². The second-order valence-electron chi connectivity index (χ2n) is 4.71. The maximum absolute atomic E-state index is 6.04. The van der Waals surface area contributed by atoms with Crippen molar-refractivity contribution in [3.63, 3.8) is 0 Å². The van der Waals surface area contributed by atoms with E-state index < -0.39 is 0 Å². The molecule has 0 amide bonds. The summed E-state index contributed by atoms with van der Waals surface area (Å²) in [5.41, 5.74) is 2.08. The highest BCUT2D eigenvalue weighted by Crippen LogP contribution is 2.19. The molecule has 0 radical (unpaired) electrons. The number of hydrogen-bond acceptors (Lipinski definition) is 3. The second-order valence-corrected chi connectivity index (χ2v) is 5.10. The first-order valence-corrected chi connectivity index (χ1v) is 6.62. The average Bonchev–Trinajstić information content (AvgIpc) is 2.38. The van der Waals surface area contributed by atoms with Gasteiger partial charge in [-0.15, -0.1) is 0 Å².